The van der Waals surface area contributed by atoms with E-state index in [9.17, 15) is 23.1 Å². The maximum atomic E-state index is 13.6. The number of ether oxygens (including phenoxy) is 4. The summed E-state index contributed by atoms with van der Waals surface area (Å²) in [5.74, 6) is -1.61. The third kappa shape index (κ3) is 8.38. The summed E-state index contributed by atoms with van der Waals surface area (Å²) in [7, 11) is -3.68. The van der Waals surface area contributed by atoms with Crippen LogP contribution >= 0.6 is 10.8 Å². The molecule has 1 aliphatic rings. The first-order chi connectivity index (χ1) is 21.7. The smallest absolute Gasteiger partial charge is 0.338 e. The average molecular weight is 649 g/mol. The minimum absolute atomic E-state index is 0.00988. The standard InChI is InChI=1S/C34H32O9S2/c1-23-17-19-27(20-18-23)45(38,39)44-34-31(43-33(37)26-15-9-4-10-16-26)30(42-32(36)25-13-7-3-8-14-25)29(35)28(41-34)22-40-21-24-11-5-2-6-12-24/h2-20,28-31,34-35H,21-22H2,1H3/t28-,29+,30+,31-,34+/m1/s1. The van der Waals surface area contributed by atoms with Gasteiger partial charge in [0.25, 0.3) is 0 Å². The predicted octanol–water partition coefficient (Wildman–Crippen LogP) is 5.17. The summed E-state index contributed by atoms with van der Waals surface area (Å²) in [6.45, 7) is 1.85. The van der Waals surface area contributed by atoms with E-state index in [0.29, 0.717) is 10.8 Å². The van der Waals surface area contributed by atoms with E-state index >= 15 is 0 Å². The molecule has 4 aromatic rings. The Hall–Kier alpha value is -4.00. The number of hydrogen-bond donors (Lipinski definition) is 1. The zero-order valence-corrected chi connectivity index (χ0v) is 25.9. The van der Waals surface area contributed by atoms with E-state index in [1.54, 1.807) is 48.5 Å². The molecule has 0 aliphatic carbocycles. The molecular formula is C34H32O9S2. The van der Waals surface area contributed by atoms with Crippen LogP contribution in [0.2, 0.25) is 0 Å². The maximum absolute atomic E-state index is 13.6. The molecule has 1 heterocycles. The highest BCUT2D eigenvalue weighted by molar-refractivity contribution is 8.72. The van der Waals surface area contributed by atoms with E-state index in [2.05, 4.69) is 0 Å². The topological polar surface area (TPSA) is 125 Å². The molecule has 9 nitrogen and oxygen atoms in total. The highest BCUT2D eigenvalue weighted by atomic mass is 33.1. The first kappa shape index (κ1) is 32.4. The van der Waals surface area contributed by atoms with Gasteiger partial charge in [-0.05, 0) is 48.9 Å². The minimum atomic E-state index is -4.08. The second-order valence-corrected chi connectivity index (χ2v) is 14.3. The average Bonchev–Trinajstić information content (AvgIpc) is 3.06. The molecule has 0 spiro atoms. The number of aliphatic hydroxyl groups excluding tert-OH is 1. The summed E-state index contributed by atoms with van der Waals surface area (Å²) in [4.78, 5) is 26.5. The quantitative estimate of drug-likeness (QED) is 0.172. The van der Waals surface area contributed by atoms with Crippen LogP contribution in [0.4, 0.5) is 0 Å². The monoisotopic (exact) mass is 648 g/mol. The van der Waals surface area contributed by atoms with Gasteiger partial charge in [-0.3, -0.25) is 0 Å². The van der Waals surface area contributed by atoms with E-state index in [-0.39, 0.29) is 29.2 Å². The minimum Gasteiger partial charge on any atom is -0.452 e. The third-order valence-electron chi connectivity index (χ3n) is 7.05. The van der Waals surface area contributed by atoms with Crippen molar-refractivity contribution in [3.05, 3.63) is 138 Å². The fourth-order valence-corrected chi connectivity index (χ4v) is 7.87. The molecule has 45 heavy (non-hydrogen) atoms. The van der Waals surface area contributed by atoms with Crippen molar-refractivity contribution in [1.29, 1.82) is 0 Å². The maximum Gasteiger partial charge on any atom is 0.338 e. The number of rotatable bonds is 11. The SMILES string of the molecule is Cc1ccc(S(=O)(=O)S[C@@H]2O[C@H](COCc3ccccc3)[C@H](O)[C@H](OC(=O)c3ccccc3)[C@H]2OC(=O)c2ccccc2)cc1. The molecule has 1 N–H and O–H groups in total. The number of benzene rings is 4. The normalized spacial score (nSPS) is 21.5. The predicted molar refractivity (Wildman–Crippen MR) is 168 cm³/mol. The highest BCUT2D eigenvalue weighted by Gasteiger charge is 2.51. The Balaban J connectivity index is 1.47. The van der Waals surface area contributed by atoms with E-state index in [1.165, 1.54) is 36.4 Å². The van der Waals surface area contributed by atoms with E-state index < -0.39 is 50.7 Å². The Bertz CT molecular complexity index is 1670. The number of hydrogen-bond acceptors (Lipinski definition) is 10. The lowest BCUT2D eigenvalue weighted by Gasteiger charge is -2.43. The van der Waals surface area contributed by atoms with Crippen molar-refractivity contribution in [2.45, 2.75) is 48.3 Å². The molecule has 1 fully saturated rings. The number of aryl methyl sites for hydroxylation is 1. The third-order valence-corrected chi connectivity index (χ3v) is 10.6. The van der Waals surface area contributed by atoms with Crippen LogP contribution in [0.15, 0.2) is 120 Å². The molecule has 0 aromatic heterocycles. The van der Waals surface area contributed by atoms with Gasteiger partial charge in [0.2, 0.25) is 8.87 Å². The van der Waals surface area contributed by atoms with Gasteiger partial charge in [0.1, 0.15) is 12.2 Å². The molecule has 0 amide bonds. The number of carbonyl (C=O) groups excluding carboxylic acids is 2. The zero-order valence-electron chi connectivity index (χ0n) is 24.3. The van der Waals surface area contributed by atoms with Crippen LogP contribution in [0.1, 0.15) is 31.8 Å². The number of aliphatic hydroxyl groups is 1. The molecule has 0 unspecified atom stereocenters. The number of esters is 2. The van der Waals surface area contributed by atoms with Crippen LogP contribution in [0.25, 0.3) is 0 Å². The van der Waals surface area contributed by atoms with Crippen molar-refractivity contribution >= 4 is 31.6 Å². The summed E-state index contributed by atoms with van der Waals surface area (Å²) in [6, 6.07) is 31.7. The van der Waals surface area contributed by atoms with Crippen LogP contribution < -0.4 is 0 Å². The van der Waals surface area contributed by atoms with Gasteiger partial charge in [-0.15, -0.1) is 0 Å². The van der Waals surface area contributed by atoms with Crippen molar-refractivity contribution < 1.29 is 42.1 Å². The lowest BCUT2D eigenvalue weighted by Crippen LogP contribution is -2.60. The van der Waals surface area contributed by atoms with Gasteiger partial charge in [0, 0.05) is 10.8 Å². The lowest BCUT2D eigenvalue weighted by molar-refractivity contribution is -0.211. The Morgan fingerprint density at radius 1 is 0.756 bits per heavy atom. The van der Waals surface area contributed by atoms with Crippen LogP contribution in [0, 0.1) is 6.92 Å². The summed E-state index contributed by atoms with van der Waals surface area (Å²) in [5.41, 5.74) is 0.703. The molecule has 0 radical (unpaired) electrons. The van der Waals surface area contributed by atoms with Crippen molar-refractivity contribution in [2.24, 2.45) is 0 Å². The first-order valence-electron chi connectivity index (χ1n) is 14.2. The molecule has 0 saturated carbocycles. The second-order valence-electron chi connectivity index (χ2n) is 10.4. The van der Waals surface area contributed by atoms with E-state index in [0.717, 1.165) is 11.1 Å². The van der Waals surface area contributed by atoms with Gasteiger partial charge in [-0.1, -0.05) is 84.4 Å². The largest absolute Gasteiger partial charge is 0.452 e. The molecule has 1 saturated heterocycles. The van der Waals surface area contributed by atoms with Crippen LogP contribution in [-0.2, 0) is 34.4 Å². The Morgan fingerprint density at radius 3 is 1.82 bits per heavy atom. The van der Waals surface area contributed by atoms with Gasteiger partial charge >= 0.3 is 11.9 Å². The van der Waals surface area contributed by atoms with Gasteiger partial charge < -0.3 is 24.1 Å². The summed E-state index contributed by atoms with van der Waals surface area (Å²) in [5, 5.41) is 11.5. The number of carbonyl (C=O) groups is 2. The van der Waals surface area contributed by atoms with E-state index in [4.69, 9.17) is 18.9 Å². The van der Waals surface area contributed by atoms with Crippen molar-refractivity contribution in [3.63, 3.8) is 0 Å². The van der Waals surface area contributed by atoms with Crippen LogP contribution in [-0.4, -0.2) is 61.9 Å². The second kappa shape index (κ2) is 14.9. The van der Waals surface area contributed by atoms with E-state index in [1.807, 2.05) is 37.3 Å². The fraction of sp³-hybridized carbons (Fsp3) is 0.235. The van der Waals surface area contributed by atoms with Gasteiger partial charge in [0.05, 0.1) is 29.2 Å². The van der Waals surface area contributed by atoms with Crippen molar-refractivity contribution in [2.75, 3.05) is 6.61 Å². The van der Waals surface area contributed by atoms with Crippen LogP contribution in [0.3, 0.4) is 0 Å². The van der Waals surface area contributed by atoms with Gasteiger partial charge in [-0.2, -0.15) is 0 Å². The molecule has 11 heteroatoms. The lowest BCUT2D eigenvalue weighted by atomic mass is 9.99. The molecular weight excluding hydrogens is 616 g/mol. The molecule has 4 aromatic carbocycles. The fourth-order valence-electron chi connectivity index (χ4n) is 4.65. The Morgan fingerprint density at radius 2 is 1.27 bits per heavy atom. The van der Waals surface area contributed by atoms with Crippen molar-refractivity contribution in [3.8, 4) is 0 Å². The first-order valence-corrected chi connectivity index (χ1v) is 17.1. The Kier molecular flexibility index (Phi) is 10.7. The highest BCUT2D eigenvalue weighted by Crippen LogP contribution is 2.38. The Labute approximate surface area is 265 Å². The zero-order chi connectivity index (χ0) is 31.8. The molecule has 5 atom stereocenters. The molecule has 0 bridgehead atoms. The summed E-state index contributed by atoms with van der Waals surface area (Å²) >= 11 is 0. The van der Waals surface area contributed by atoms with Gasteiger partial charge in [0.15, 0.2) is 17.6 Å². The van der Waals surface area contributed by atoms with Gasteiger partial charge in [-0.25, -0.2) is 18.0 Å². The molecule has 1 aliphatic heterocycles. The van der Waals surface area contributed by atoms with Crippen molar-refractivity contribution in [1.82, 2.24) is 0 Å². The van der Waals surface area contributed by atoms with Crippen LogP contribution in [0.5, 0.6) is 0 Å². The molecule has 5 rings (SSSR count). The molecule has 234 valence electrons. The summed E-state index contributed by atoms with van der Waals surface area (Å²) in [6.07, 6.45) is -5.70. The summed E-state index contributed by atoms with van der Waals surface area (Å²) < 4.78 is 50.7.